The lowest BCUT2D eigenvalue weighted by molar-refractivity contribution is 0.268. The van der Waals surface area contributed by atoms with E-state index >= 15 is 0 Å². The summed E-state index contributed by atoms with van der Waals surface area (Å²) >= 11 is 0. The van der Waals surface area contributed by atoms with Gasteiger partial charge in [0.25, 0.3) is 0 Å². The van der Waals surface area contributed by atoms with Gasteiger partial charge in [0.1, 0.15) is 0 Å². The van der Waals surface area contributed by atoms with Crippen molar-refractivity contribution < 1.29 is 12.3 Å². The number of rotatable bonds is 12. The van der Waals surface area contributed by atoms with Gasteiger partial charge in [-0.2, -0.15) is 0 Å². The molecule has 0 aromatic heterocycles. The molecule has 11 aromatic rings. The number of hydrogen-bond donors (Lipinski definition) is 0. The minimum Gasteiger partial charge on any atom is -0.402 e. The van der Waals surface area contributed by atoms with Gasteiger partial charge < -0.3 is 12.3 Å². The summed E-state index contributed by atoms with van der Waals surface area (Å²) < 4.78 is 24.5. The Bertz CT molecular complexity index is 3330. The Balaban J connectivity index is 1.05. The van der Waals surface area contributed by atoms with Gasteiger partial charge in [0.2, 0.25) is 0 Å². The minimum absolute atomic E-state index is 1.02. The Morgan fingerprint density at radius 2 is 0.425 bits per heavy atom. The van der Waals surface area contributed by atoms with Crippen molar-refractivity contribution in [2.75, 3.05) is 0 Å². The van der Waals surface area contributed by atoms with E-state index < -0.39 is 33.8 Å². The van der Waals surface area contributed by atoms with Crippen LogP contribution in [0.5, 0.6) is 0 Å². The third-order valence-electron chi connectivity index (χ3n) is 14.3. The summed E-state index contributed by atoms with van der Waals surface area (Å²) in [4.78, 5) is 0. The highest BCUT2D eigenvalue weighted by Crippen LogP contribution is 2.33. The summed E-state index contributed by atoms with van der Waals surface area (Å²) in [6, 6.07) is 114. The first-order valence-electron chi connectivity index (χ1n) is 25.0. The van der Waals surface area contributed by atoms with Crippen molar-refractivity contribution in [1.29, 1.82) is 0 Å². The van der Waals surface area contributed by atoms with Crippen LogP contribution >= 0.6 is 0 Å². The van der Waals surface area contributed by atoms with Crippen LogP contribution in [0.4, 0.5) is 0 Å². The fourth-order valence-electron chi connectivity index (χ4n) is 10.9. The maximum Gasteiger partial charge on any atom is 0.390 e. The molecule has 1 aliphatic heterocycles. The Morgan fingerprint density at radius 3 is 0.767 bits per heavy atom. The smallest absolute Gasteiger partial charge is 0.390 e. The van der Waals surface area contributed by atoms with Crippen molar-refractivity contribution in [2.24, 2.45) is 0 Å². The molecule has 0 spiro atoms. The van der Waals surface area contributed by atoms with Crippen LogP contribution in [-0.2, 0) is 12.3 Å². The topological polar surface area (TPSA) is 27.7 Å². The molecule has 11 aromatic carbocycles. The lowest BCUT2D eigenvalue weighted by atomic mass is 9.99. The van der Waals surface area contributed by atoms with E-state index in [1.54, 1.807) is 0 Å². The van der Waals surface area contributed by atoms with Gasteiger partial charge in [0, 0.05) is 0 Å². The van der Waals surface area contributed by atoms with E-state index in [0.29, 0.717) is 0 Å². The molecule has 1 heterocycles. The van der Waals surface area contributed by atoms with Crippen molar-refractivity contribution in [3.05, 3.63) is 315 Å². The molecule has 0 saturated carbocycles. The molecule has 0 radical (unpaired) electrons. The van der Waals surface area contributed by atoms with Crippen LogP contribution in [0.1, 0.15) is 0 Å². The van der Waals surface area contributed by atoms with E-state index in [0.717, 1.165) is 47.8 Å². The first-order chi connectivity index (χ1) is 36.1. The van der Waals surface area contributed by atoms with E-state index in [2.05, 4.69) is 315 Å². The van der Waals surface area contributed by atoms with Gasteiger partial charge in [-0.3, -0.25) is 0 Å². The quantitative estimate of drug-likeness (QED) is 0.0909. The van der Waals surface area contributed by atoms with Crippen molar-refractivity contribution in [3.63, 3.8) is 0 Å². The zero-order valence-corrected chi connectivity index (χ0v) is 44.2. The molecule has 1 fully saturated rings. The van der Waals surface area contributed by atoms with Crippen LogP contribution in [0.15, 0.2) is 315 Å². The molecule has 350 valence electrons. The van der Waals surface area contributed by atoms with Crippen molar-refractivity contribution in [1.82, 2.24) is 0 Å². The van der Waals surface area contributed by atoms with E-state index in [-0.39, 0.29) is 0 Å². The molecular formula is C66H52O3Si4. The summed E-state index contributed by atoms with van der Waals surface area (Å²) in [6.07, 6.45) is 0. The molecule has 0 bridgehead atoms. The molecule has 73 heavy (non-hydrogen) atoms. The highest BCUT2D eigenvalue weighted by molar-refractivity contribution is 7.20. The average molecular weight is 1010 g/mol. The Morgan fingerprint density at radius 1 is 0.192 bits per heavy atom. The average Bonchev–Trinajstić information content (AvgIpc) is 3.49. The van der Waals surface area contributed by atoms with Gasteiger partial charge in [-0.15, -0.1) is 0 Å². The van der Waals surface area contributed by atoms with E-state index in [9.17, 15) is 0 Å². The summed E-state index contributed by atoms with van der Waals surface area (Å²) in [5.74, 6) is 0. The normalized spacial score (nSPS) is 14.7. The summed E-state index contributed by atoms with van der Waals surface area (Å²) in [7, 11) is -13.9. The van der Waals surface area contributed by atoms with Gasteiger partial charge >= 0.3 is 25.7 Å². The Labute approximate surface area is 433 Å². The number of hydrogen-bond acceptors (Lipinski definition) is 3. The molecule has 1 saturated heterocycles. The predicted octanol–water partition coefficient (Wildman–Crippen LogP) is 8.53. The van der Waals surface area contributed by atoms with Gasteiger partial charge in [0.15, 0.2) is 8.07 Å². The van der Waals surface area contributed by atoms with Gasteiger partial charge in [0.05, 0.1) is 0 Å². The van der Waals surface area contributed by atoms with Gasteiger partial charge in [-0.25, -0.2) is 0 Å². The van der Waals surface area contributed by atoms with E-state index in [4.69, 9.17) is 12.3 Å². The second-order valence-corrected chi connectivity index (χ2v) is 32.0. The third-order valence-corrected chi connectivity index (χ3v) is 32.5. The van der Waals surface area contributed by atoms with Crippen molar-refractivity contribution >= 4 is 85.6 Å². The monoisotopic (exact) mass is 1000 g/mol. The zero-order valence-electron chi connectivity index (χ0n) is 40.2. The molecule has 12 rings (SSSR count). The molecule has 3 nitrogen and oxygen atoms in total. The largest absolute Gasteiger partial charge is 0.402 e. The van der Waals surface area contributed by atoms with Crippen LogP contribution < -0.4 is 51.9 Å². The molecule has 1 aliphatic rings. The van der Waals surface area contributed by atoms with Crippen molar-refractivity contribution in [3.8, 4) is 22.3 Å². The second-order valence-electron chi connectivity index (χ2n) is 18.6. The third kappa shape index (κ3) is 8.37. The first-order valence-corrected chi connectivity index (χ1v) is 32.4. The van der Waals surface area contributed by atoms with Crippen molar-refractivity contribution in [2.45, 2.75) is 0 Å². The zero-order chi connectivity index (χ0) is 49.0. The molecule has 7 heteroatoms. The van der Waals surface area contributed by atoms with Crippen LogP contribution in [0.25, 0.3) is 22.3 Å². The van der Waals surface area contributed by atoms with Crippen LogP contribution in [0.2, 0.25) is 0 Å². The maximum absolute atomic E-state index is 8.21. The first kappa shape index (κ1) is 46.3. The Hall–Kier alpha value is -7.83. The predicted molar refractivity (Wildman–Crippen MR) is 311 cm³/mol. The fourth-order valence-corrected chi connectivity index (χ4v) is 32.7. The van der Waals surface area contributed by atoms with Crippen LogP contribution in [-0.4, -0.2) is 33.8 Å². The lowest BCUT2D eigenvalue weighted by Crippen LogP contribution is -2.88. The van der Waals surface area contributed by atoms with Gasteiger partial charge in [-0.05, 0) is 80.2 Å². The SMILES string of the molecule is c1ccc([Si]2(c3ccccc3)O[Si](c3ccccc3)(c3ccccc3)O[Si](c3ccccc3)(c3cccc(-c4cccc(-c5cccc([Si](c6ccccc6)(c6ccccc6)c6ccccc6)c5)c4)c3)O2)cc1. The minimum atomic E-state index is -3.80. The summed E-state index contributed by atoms with van der Waals surface area (Å²) in [5, 5.41) is 11.6. The molecule has 0 atom stereocenters. The molecule has 0 amide bonds. The van der Waals surface area contributed by atoms with Crippen LogP contribution in [0, 0.1) is 0 Å². The molecular weight excluding hydrogens is 953 g/mol. The molecule has 0 N–H and O–H groups in total. The Kier molecular flexibility index (Phi) is 12.7. The second kappa shape index (κ2) is 20.0. The summed E-state index contributed by atoms with van der Waals surface area (Å²) in [6.45, 7) is 0. The highest BCUT2D eigenvalue weighted by Gasteiger charge is 2.67. The number of benzene rings is 11. The maximum atomic E-state index is 8.21. The molecule has 0 aliphatic carbocycles. The molecule has 0 unspecified atom stereocenters. The van der Waals surface area contributed by atoms with Crippen LogP contribution in [0.3, 0.4) is 0 Å². The standard InChI is InChI=1S/C66H52O3Si4/c1-9-32-57(33-10-1)70(58-34-11-2-12-35-58,59-36-13-3-14-37-59)65-48-26-30-55(51-65)53-28-25-29-54(50-53)56-31-27-49-66(52-56)73(64-46-23-8-24-47-64)68-71(60-38-15-4-16-39-60,61-40-17-5-18-41-61)67-72(69-73,62-42-19-6-20-43-62)63-44-21-7-22-45-63/h1-52H. The summed E-state index contributed by atoms with van der Waals surface area (Å²) in [5.41, 5.74) is 4.51. The van der Waals surface area contributed by atoms with E-state index in [1.165, 1.54) is 26.3 Å². The van der Waals surface area contributed by atoms with E-state index in [1.807, 2.05) is 0 Å². The lowest BCUT2D eigenvalue weighted by Gasteiger charge is -2.53. The highest BCUT2D eigenvalue weighted by atomic mass is 28.5. The fraction of sp³-hybridized carbons (Fsp3) is 0. The van der Waals surface area contributed by atoms with Gasteiger partial charge in [-0.1, -0.05) is 309 Å².